The number of benzene rings is 1. The molecule has 1 rings (SSSR count). The fraction of sp³-hybridized carbons (Fsp3) is 0.273. The van der Waals surface area contributed by atoms with E-state index >= 15 is 0 Å². The first kappa shape index (κ1) is 16.4. The Hall–Kier alpha value is -1.60. The average Bonchev–Trinajstić information content (AvgIpc) is 2.26. The molecule has 1 aromatic rings. The molecule has 0 aromatic heterocycles. The summed E-state index contributed by atoms with van der Waals surface area (Å²) in [6, 6.07) is 3.60. The van der Waals surface area contributed by atoms with Gasteiger partial charge < -0.3 is 21.3 Å². The van der Waals surface area contributed by atoms with Gasteiger partial charge in [-0.1, -0.05) is 12.1 Å². The highest BCUT2D eigenvalue weighted by Crippen LogP contribution is 2.17. The maximum absolute atomic E-state index is 11.3. The zero-order chi connectivity index (χ0) is 13.0. The Balaban J connectivity index is 0.00000289. The molecule has 0 spiro atoms. The molecule has 18 heavy (non-hydrogen) atoms. The van der Waals surface area contributed by atoms with Crippen molar-refractivity contribution in [2.24, 2.45) is 5.73 Å². The summed E-state index contributed by atoms with van der Waals surface area (Å²) < 4.78 is 0. The second kappa shape index (κ2) is 6.97. The Morgan fingerprint density at radius 3 is 2.17 bits per heavy atom. The number of phenolic OH excluding ortho intramolecular Hbond substituents is 1. The van der Waals surface area contributed by atoms with E-state index in [4.69, 9.17) is 15.9 Å². The van der Waals surface area contributed by atoms with Gasteiger partial charge in [0.25, 0.3) is 0 Å². The summed E-state index contributed by atoms with van der Waals surface area (Å²) >= 11 is 0. The second-order valence-corrected chi connectivity index (χ2v) is 3.66. The first-order chi connectivity index (χ1) is 7.91. The van der Waals surface area contributed by atoms with Crippen molar-refractivity contribution in [1.29, 1.82) is 0 Å². The number of rotatable bonds is 4. The lowest BCUT2D eigenvalue weighted by Gasteiger charge is -2.16. The van der Waals surface area contributed by atoms with Gasteiger partial charge in [-0.25, -0.2) is 4.79 Å². The molecule has 2 unspecified atom stereocenters. The van der Waals surface area contributed by atoms with Crippen LogP contribution in [0.5, 0.6) is 5.75 Å². The second-order valence-electron chi connectivity index (χ2n) is 3.66. The summed E-state index contributed by atoms with van der Waals surface area (Å²) in [5, 5.41) is 20.4. The van der Waals surface area contributed by atoms with Gasteiger partial charge in [-0.2, -0.15) is 0 Å². The number of carboxylic acids is 1. The molecule has 0 saturated carbocycles. The SMILES string of the molecule is Br.CC(N)C(=O)NC(C(=O)O)c1ccc(O)cc1. The highest BCUT2D eigenvalue weighted by Gasteiger charge is 2.23. The summed E-state index contributed by atoms with van der Waals surface area (Å²) in [6.45, 7) is 1.46. The predicted octanol–water partition coefficient (Wildman–Crippen LogP) is 0.559. The number of hydrogen-bond acceptors (Lipinski definition) is 4. The Bertz CT molecular complexity index is 420. The van der Waals surface area contributed by atoms with Crippen LogP contribution in [0.3, 0.4) is 0 Å². The maximum atomic E-state index is 11.3. The zero-order valence-corrected chi connectivity index (χ0v) is 11.4. The number of carboxylic acid groups (broad SMARTS) is 1. The van der Waals surface area contributed by atoms with E-state index in [1.165, 1.54) is 31.2 Å². The molecule has 0 saturated heterocycles. The predicted molar refractivity (Wildman–Crippen MR) is 70.6 cm³/mol. The Morgan fingerprint density at radius 1 is 1.28 bits per heavy atom. The molecule has 0 heterocycles. The van der Waals surface area contributed by atoms with Gasteiger partial charge in [0.2, 0.25) is 5.91 Å². The van der Waals surface area contributed by atoms with Crippen LogP contribution >= 0.6 is 17.0 Å². The number of nitrogens with two attached hydrogens (primary N) is 1. The van der Waals surface area contributed by atoms with Crippen molar-refractivity contribution in [2.45, 2.75) is 19.0 Å². The summed E-state index contributed by atoms with van der Waals surface area (Å²) in [4.78, 5) is 22.4. The van der Waals surface area contributed by atoms with Crippen LogP contribution in [0.4, 0.5) is 0 Å². The quantitative estimate of drug-likeness (QED) is 0.648. The third kappa shape index (κ3) is 4.34. The number of aliphatic carboxylic acids is 1. The lowest BCUT2D eigenvalue weighted by Crippen LogP contribution is -2.42. The molecule has 0 aliphatic rings. The number of carbonyl (C=O) groups excluding carboxylic acids is 1. The van der Waals surface area contributed by atoms with Crippen LogP contribution in [-0.2, 0) is 9.59 Å². The monoisotopic (exact) mass is 318 g/mol. The maximum Gasteiger partial charge on any atom is 0.330 e. The molecule has 1 aromatic carbocycles. The van der Waals surface area contributed by atoms with Gasteiger partial charge in [-0.15, -0.1) is 17.0 Å². The van der Waals surface area contributed by atoms with Crippen LogP contribution in [0.1, 0.15) is 18.5 Å². The number of aromatic hydroxyl groups is 1. The van der Waals surface area contributed by atoms with E-state index in [1.54, 1.807) is 0 Å². The molecule has 5 N–H and O–H groups in total. The first-order valence-corrected chi connectivity index (χ1v) is 4.99. The van der Waals surface area contributed by atoms with Crippen molar-refractivity contribution in [2.75, 3.05) is 0 Å². The molecular formula is C11H15BrN2O4. The fourth-order valence-electron chi connectivity index (χ4n) is 1.23. The molecule has 2 atom stereocenters. The van der Waals surface area contributed by atoms with E-state index in [0.717, 1.165) is 0 Å². The summed E-state index contributed by atoms with van der Waals surface area (Å²) in [7, 11) is 0. The minimum atomic E-state index is -1.19. The molecule has 0 radical (unpaired) electrons. The fourth-order valence-corrected chi connectivity index (χ4v) is 1.23. The average molecular weight is 319 g/mol. The van der Waals surface area contributed by atoms with Gasteiger partial charge in [0.05, 0.1) is 6.04 Å². The molecule has 0 bridgehead atoms. The topological polar surface area (TPSA) is 113 Å². The van der Waals surface area contributed by atoms with Gasteiger partial charge in [0, 0.05) is 0 Å². The van der Waals surface area contributed by atoms with Crippen LogP contribution in [0.2, 0.25) is 0 Å². The van der Waals surface area contributed by atoms with E-state index < -0.39 is 24.0 Å². The van der Waals surface area contributed by atoms with Crippen molar-refractivity contribution in [1.82, 2.24) is 5.32 Å². The van der Waals surface area contributed by atoms with Crippen molar-refractivity contribution < 1.29 is 19.8 Å². The van der Waals surface area contributed by atoms with E-state index in [2.05, 4.69) is 5.32 Å². The summed E-state index contributed by atoms with van der Waals surface area (Å²) in [5.74, 6) is -1.72. The van der Waals surface area contributed by atoms with Gasteiger partial charge in [-0.05, 0) is 24.6 Å². The smallest absolute Gasteiger partial charge is 0.330 e. The number of phenols is 1. The third-order valence-electron chi connectivity index (χ3n) is 2.17. The third-order valence-corrected chi connectivity index (χ3v) is 2.17. The molecule has 0 aliphatic carbocycles. The largest absolute Gasteiger partial charge is 0.508 e. The van der Waals surface area contributed by atoms with Crippen molar-refractivity contribution >= 4 is 28.9 Å². The number of hydrogen-bond donors (Lipinski definition) is 4. The van der Waals surface area contributed by atoms with Gasteiger partial charge in [0.1, 0.15) is 5.75 Å². The van der Waals surface area contributed by atoms with Crippen molar-refractivity contribution in [3.05, 3.63) is 29.8 Å². The molecule has 7 heteroatoms. The van der Waals surface area contributed by atoms with Crippen molar-refractivity contribution in [3.63, 3.8) is 0 Å². The highest BCUT2D eigenvalue weighted by atomic mass is 79.9. The lowest BCUT2D eigenvalue weighted by molar-refractivity contribution is -0.142. The standard InChI is InChI=1S/C11H14N2O4.BrH/c1-6(12)10(15)13-9(11(16)17)7-2-4-8(14)5-3-7;/h2-6,9,14H,12H2,1H3,(H,13,15)(H,16,17);1H. The Kier molecular flexibility index (Phi) is 6.35. The highest BCUT2D eigenvalue weighted by molar-refractivity contribution is 8.93. The number of carbonyl (C=O) groups is 2. The number of amides is 1. The van der Waals surface area contributed by atoms with E-state index in [-0.39, 0.29) is 22.7 Å². The minimum Gasteiger partial charge on any atom is -0.508 e. The molecular weight excluding hydrogens is 304 g/mol. The molecule has 100 valence electrons. The minimum absolute atomic E-state index is 0. The normalized spacial score (nSPS) is 13.0. The van der Waals surface area contributed by atoms with Crippen molar-refractivity contribution in [3.8, 4) is 5.75 Å². The van der Waals surface area contributed by atoms with Crippen LogP contribution in [0, 0.1) is 0 Å². The lowest BCUT2D eigenvalue weighted by atomic mass is 10.1. The van der Waals surface area contributed by atoms with Crippen LogP contribution in [0.25, 0.3) is 0 Å². The van der Waals surface area contributed by atoms with Crippen LogP contribution in [0.15, 0.2) is 24.3 Å². The van der Waals surface area contributed by atoms with E-state index in [1.807, 2.05) is 0 Å². The molecule has 6 nitrogen and oxygen atoms in total. The summed E-state index contributed by atoms with van der Waals surface area (Å²) in [5.41, 5.74) is 5.71. The molecule has 1 amide bonds. The first-order valence-electron chi connectivity index (χ1n) is 4.99. The van der Waals surface area contributed by atoms with E-state index in [9.17, 15) is 9.59 Å². The van der Waals surface area contributed by atoms with Gasteiger partial charge >= 0.3 is 5.97 Å². The van der Waals surface area contributed by atoms with Crippen LogP contribution < -0.4 is 11.1 Å². The zero-order valence-electron chi connectivity index (χ0n) is 9.66. The number of halogens is 1. The Labute approximate surface area is 115 Å². The van der Waals surface area contributed by atoms with Crippen LogP contribution in [-0.4, -0.2) is 28.1 Å². The summed E-state index contributed by atoms with van der Waals surface area (Å²) in [6.07, 6.45) is 0. The Morgan fingerprint density at radius 2 is 1.78 bits per heavy atom. The van der Waals surface area contributed by atoms with E-state index in [0.29, 0.717) is 5.56 Å². The number of nitrogens with one attached hydrogen (secondary N) is 1. The van der Waals surface area contributed by atoms with Gasteiger partial charge in [0.15, 0.2) is 6.04 Å². The van der Waals surface area contributed by atoms with Gasteiger partial charge in [-0.3, -0.25) is 4.79 Å². The molecule has 0 aliphatic heterocycles. The molecule has 0 fully saturated rings.